The average molecular weight is 330 g/mol. The number of halogens is 1. The lowest BCUT2D eigenvalue weighted by Gasteiger charge is -2.23. The molecule has 0 heterocycles. The van der Waals surface area contributed by atoms with Crippen LogP contribution in [0.2, 0.25) is 0 Å². The maximum Gasteiger partial charge on any atom is 0.0329 e. The van der Waals surface area contributed by atoms with Crippen molar-refractivity contribution in [3.8, 4) is 0 Å². The summed E-state index contributed by atoms with van der Waals surface area (Å²) in [6, 6.07) is 17.3. The Bertz CT molecular complexity index is 593. The standard InChI is InChI=1S/C18H20BrN/c19-17-11-4-2-7-14(17)12-15-9-5-8-13-6-1-3-10-16(13)18(15)20/h1-4,6-7,10-11,15,18H,5,8-9,12,20H2. The summed E-state index contributed by atoms with van der Waals surface area (Å²) < 4.78 is 1.20. The predicted octanol–water partition coefficient (Wildman–Crippen LogP) is 4.64. The normalized spacial score (nSPS) is 22.1. The molecule has 1 nitrogen and oxygen atoms in total. The van der Waals surface area contributed by atoms with E-state index < -0.39 is 0 Å². The zero-order chi connectivity index (χ0) is 13.9. The first-order valence-corrected chi connectivity index (χ1v) is 8.12. The molecule has 1 aliphatic carbocycles. The summed E-state index contributed by atoms with van der Waals surface area (Å²) in [5.41, 5.74) is 10.7. The average Bonchev–Trinajstić information content (AvgIpc) is 2.62. The van der Waals surface area contributed by atoms with E-state index in [4.69, 9.17) is 5.73 Å². The van der Waals surface area contributed by atoms with Crippen LogP contribution in [0.25, 0.3) is 0 Å². The molecular formula is C18H20BrN. The van der Waals surface area contributed by atoms with E-state index in [0.29, 0.717) is 5.92 Å². The van der Waals surface area contributed by atoms with Crippen LogP contribution < -0.4 is 5.73 Å². The van der Waals surface area contributed by atoms with Crippen LogP contribution in [0.15, 0.2) is 53.0 Å². The number of hydrogen-bond acceptors (Lipinski definition) is 1. The third-order valence-corrected chi connectivity index (χ3v) is 5.16. The molecule has 2 heteroatoms. The minimum absolute atomic E-state index is 0.154. The van der Waals surface area contributed by atoms with Gasteiger partial charge in [0.2, 0.25) is 0 Å². The summed E-state index contributed by atoms with van der Waals surface area (Å²) in [4.78, 5) is 0. The van der Waals surface area contributed by atoms with Gasteiger partial charge in [-0.2, -0.15) is 0 Å². The smallest absolute Gasteiger partial charge is 0.0329 e. The van der Waals surface area contributed by atoms with Crippen LogP contribution in [0.5, 0.6) is 0 Å². The maximum absolute atomic E-state index is 6.57. The second-order valence-corrected chi connectivity index (χ2v) is 6.53. The van der Waals surface area contributed by atoms with Gasteiger partial charge in [-0.15, -0.1) is 0 Å². The maximum atomic E-state index is 6.57. The molecule has 0 radical (unpaired) electrons. The summed E-state index contributed by atoms with van der Waals surface area (Å²) in [5.74, 6) is 0.525. The quantitative estimate of drug-likeness (QED) is 0.798. The van der Waals surface area contributed by atoms with Crippen LogP contribution in [0, 0.1) is 5.92 Å². The third-order valence-electron chi connectivity index (χ3n) is 4.38. The second-order valence-electron chi connectivity index (χ2n) is 5.67. The molecule has 2 N–H and O–H groups in total. The second kappa shape index (κ2) is 6.11. The van der Waals surface area contributed by atoms with Crippen LogP contribution in [0.4, 0.5) is 0 Å². The first kappa shape index (κ1) is 13.8. The van der Waals surface area contributed by atoms with Crippen molar-refractivity contribution in [3.63, 3.8) is 0 Å². The topological polar surface area (TPSA) is 26.0 Å². The van der Waals surface area contributed by atoms with Crippen molar-refractivity contribution in [2.24, 2.45) is 11.7 Å². The molecule has 3 rings (SSSR count). The fraction of sp³-hybridized carbons (Fsp3) is 0.333. The van der Waals surface area contributed by atoms with Gasteiger partial charge in [0.1, 0.15) is 0 Å². The van der Waals surface area contributed by atoms with Gasteiger partial charge in [0.15, 0.2) is 0 Å². The van der Waals surface area contributed by atoms with Crippen LogP contribution in [-0.4, -0.2) is 0 Å². The molecule has 2 aromatic carbocycles. The van der Waals surface area contributed by atoms with Gasteiger partial charge in [0, 0.05) is 10.5 Å². The lowest BCUT2D eigenvalue weighted by molar-refractivity contribution is 0.401. The third kappa shape index (κ3) is 2.82. The molecule has 1 aliphatic rings. The van der Waals surface area contributed by atoms with Gasteiger partial charge in [-0.3, -0.25) is 0 Å². The van der Waals surface area contributed by atoms with Gasteiger partial charge in [-0.1, -0.05) is 58.4 Å². The Morgan fingerprint density at radius 3 is 2.65 bits per heavy atom. The highest BCUT2D eigenvalue weighted by molar-refractivity contribution is 9.10. The van der Waals surface area contributed by atoms with Crippen LogP contribution in [0.1, 0.15) is 35.6 Å². The molecule has 2 unspecified atom stereocenters. The number of rotatable bonds is 2. The van der Waals surface area contributed by atoms with Crippen molar-refractivity contribution in [1.82, 2.24) is 0 Å². The Morgan fingerprint density at radius 2 is 1.80 bits per heavy atom. The molecule has 0 amide bonds. The minimum atomic E-state index is 0.154. The first-order chi connectivity index (χ1) is 9.75. The number of aryl methyl sites for hydroxylation is 1. The lowest BCUT2D eigenvalue weighted by atomic mass is 9.86. The fourth-order valence-electron chi connectivity index (χ4n) is 3.25. The Balaban J connectivity index is 1.86. The van der Waals surface area contributed by atoms with E-state index in [9.17, 15) is 0 Å². The number of benzene rings is 2. The zero-order valence-electron chi connectivity index (χ0n) is 11.6. The molecule has 0 saturated carbocycles. The van der Waals surface area contributed by atoms with E-state index in [1.807, 2.05) is 0 Å². The number of fused-ring (bicyclic) bond motifs is 1. The molecule has 0 spiro atoms. The van der Waals surface area contributed by atoms with E-state index in [-0.39, 0.29) is 6.04 Å². The van der Waals surface area contributed by atoms with Crippen molar-refractivity contribution in [3.05, 3.63) is 69.7 Å². The summed E-state index contributed by atoms with van der Waals surface area (Å²) >= 11 is 3.65. The highest BCUT2D eigenvalue weighted by Crippen LogP contribution is 2.34. The predicted molar refractivity (Wildman–Crippen MR) is 87.6 cm³/mol. The monoisotopic (exact) mass is 329 g/mol. The van der Waals surface area contributed by atoms with E-state index in [1.165, 1.54) is 34.0 Å². The SMILES string of the molecule is NC1c2ccccc2CCCC1Cc1ccccc1Br. The Morgan fingerprint density at radius 1 is 1.05 bits per heavy atom. The molecule has 0 aliphatic heterocycles. The van der Waals surface area contributed by atoms with Gasteiger partial charge in [0.05, 0.1) is 0 Å². The first-order valence-electron chi connectivity index (χ1n) is 7.32. The molecule has 104 valence electrons. The van der Waals surface area contributed by atoms with Crippen LogP contribution >= 0.6 is 15.9 Å². The number of nitrogens with two attached hydrogens (primary N) is 1. The Kier molecular flexibility index (Phi) is 4.23. The van der Waals surface area contributed by atoms with Gasteiger partial charge in [-0.25, -0.2) is 0 Å². The van der Waals surface area contributed by atoms with Crippen molar-refractivity contribution in [2.75, 3.05) is 0 Å². The van der Waals surface area contributed by atoms with Gasteiger partial charge >= 0.3 is 0 Å². The van der Waals surface area contributed by atoms with E-state index in [1.54, 1.807) is 0 Å². The molecule has 0 aromatic heterocycles. The van der Waals surface area contributed by atoms with Crippen LogP contribution in [0.3, 0.4) is 0 Å². The Labute approximate surface area is 129 Å². The summed E-state index contributed by atoms with van der Waals surface area (Å²) in [7, 11) is 0. The van der Waals surface area contributed by atoms with Crippen molar-refractivity contribution in [2.45, 2.75) is 31.7 Å². The van der Waals surface area contributed by atoms with E-state index >= 15 is 0 Å². The molecule has 0 bridgehead atoms. The minimum Gasteiger partial charge on any atom is -0.324 e. The highest BCUT2D eigenvalue weighted by Gasteiger charge is 2.25. The van der Waals surface area contributed by atoms with Gasteiger partial charge < -0.3 is 5.73 Å². The van der Waals surface area contributed by atoms with Crippen molar-refractivity contribution in [1.29, 1.82) is 0 Å². The van der Waals surface area contributed by atoms with Gasteiger partial charge in [0.25, 0.3) is 0 Å². The summed E-state index contributed by atoms with van der Waals surface area (Å²) in [6.45, 7) is 0. The van der Waals surface area contributed by atoms with Crippen LogP contribution in [-0.2, 0) is 12.8 Å². The lowest BCUT2D eigenvalue weighted by Crippen LogP contribution is -2.23. The highest BCUT2D eigenvalue weighted by atomic mass is 79.9. The molecule has 2 aromatic rings. The van der Waals surface area contributed by atoms with Crippen molar-refractivity contribution < 1.29 is 0 Å². The number of hydrogen-bond donors (Lipinski definition) is 1. The Hall–Kier alpha value is -1.12. The van der Waals surface area contributed by atoms with E-state index in [2.05, 4.69) is 64.5 Å². The van der Waals surface area contributed by atoms with Gasteiger partial charge in [-0.05, 0) is 54.4 Å². The molecule has 0 fully saturated rings. The van der Waals surface area contributed by atoms with Crippen molar-refractivity contribution >= 4 is 15.9 Å². The molecule has 2 atom stereocenters. The molecular weight excluding hydrogens is 310 g/mol. The zero-order valence-corrected chi connectivity index (χ0v) is 13.1. The van der Waals surface area contributed by atoms with E-state index in [0.717, 1.165) is 12.8 Å². The summed E-state index contributed by atoms with van der Waals surface area (Å²) in [5, 5.41) is 0. The molecule has 0 saturated heterocycles. The fourth-order valence-corrected chi connectivity index (χ4v) is 3.70. The summed E-state index contributed by atoms with van der Waals surface area (Å²) in [6.07, 6.45) is 4.66. The largest absolute Gasteiger partial charge is 0.324 e. The molecule has 20 heavy (non-hydrogen) atoms.